The molecule has 2 unspecified atom stereocenters. The maximum absolute atomic E-state index is 5.52. The second-order valence-corrected chi connectivity index (χ2v) is 4.27. The molecule has 74 valence electrons. The quantitative estimate of drug-likeness (QED) is 0.753. The molecule has 0 amide bonds. The second-order valence-electron chi connectivity index (χ2n) is 3.34. The topological polar surface area (TPSA) is 50.9 Å². The van der Waals surface area contributed by atoms with E-state index in [1.165, 1.54) is 0 Å². The molecule has 0 spiro atoms. The van der Waals surface area contributed by atoms with Crippen molar-refractivity contribution < 1.29 is 0 Å². The first-order valence-electron chi connectivity index (χ1n) is 4.57. The van der Waals surface area contributed by atoms with Gasteiger partial charge in [0.15, 0.2) is 0 Å². The summed E-state index contributed by atoms with van der Waals surface area (Å²) >= 11 is 1.69. The van der Waals surface area contributed by atoms with Crippen LogP contribution in [0.15, 0.2) is 11.6 Å². The van der Waals surface area contributed by atoms with Crippen molar-refractivity contribution in [2.24, 2.45) is 11.7 Å². The molecule has 0 aliphatic rings. The van der Waals surface area contributed by atoms with Crippen molar-refractivity contribution in [2.75, 3.05) is 13.1 Å². The molecule has 0 saturated carbocycles. The van der Waals surface area contributed by atoms with Crippen molar-refractivity contribution in [3.63, 3.8) is 0 Å². The summed E-state index contributed by atoms with van der Waals surface area (Å²) in [6.07, 6.45) is 1.84. The Bertz CT molecular complexity index is 223. The molecule has 0 fully saturated rings. The average Bonchev–Trinajstić information content (AvgIpc) is 2.66. The lowest BCUT2D eigenvalue weighted by Crippen LogP contribution is -2.28. The fourth-order valence-corrected chi connectivity index (χ4v) is 1.67. The van der Waals surface area contributed by atoms with E-state index >= 15 is 0 Å². The van der Waals surface area contributed by atoms with E-state index in [1.54, 1.807) is 11.3 Å². The first-order valence-corrected chi connectivity index (χ1v) is 5.44. The lowest BCUT2D eigenvalue weighted by atomic mass is 10.2. The molecule has 0 aliphatic heterocycles. The van der Waals surface area contributed by atoms with Gasteiger partial charge in [0.25, 0.3) is 0 Å². The number of aromatic nitrogens is 1. The van der Waals surface area contributed by atoms with Gasteiger partial charge in [0, 0.05) is 11.6 Å². The van der Waals surface area contributed by atoms with Gasteiger partial charge in [0.1, 0.15) is 5.01 Å². The van der Waals surface area contributed by atoms with E-state index in [1.807, 2.05) is 11.6 Å². The highest BCUT2D eigenvalue weighted by atomic mass is 32.1. The number of nitrogens with zero attached hydrogens (tertiary/aromatic N) is 1. The summed E-state index contributed by atoms with van der Waals surface area (Å²) in [5.74, 6) is 0.530. The van der Waals surface area contributed by atoms with Crippen LogP contribution in [0.3, 0.4) is 0 Å². The standard InChI is InChI=1S/C9H17N3S/c1-7(5-10)6-12-8(2)9-11-3-4-13-9/h3-4,7-8,12H,5-6,10H2,1-2H3. The van der Waals surface area contributed by atoms with Crippen LogP contribution in [0.2, 0.25) is 0 Å². The zero-order valence-corrected chi connectivity index (χ0v) is 8.97. The molecule has 1 rings (SSSR count). The summed E-state index contributed by atoms with van der Waals surface area (Å²) < 4.78 is 0. The number of hydrogen-bond donors (Lipinski definition) is 2. The number of thiazole rings is 1. The minimum absolute atomic E-state index is 0.342. The zero-order chi connectivity index (χ0) is 9.68. The van der Waals surface area contributed by atoms with Crippen molar-refractivity contribution in [1.82, 2.24) is 10.3 Å². The van der Waals surface area contributed by atoms with Gasteiger partial charge in [0.05, 0.1) is 6.04 Å². The maximum Gasteiger partial charge on any atom is 0.109 e. The minimum Gasteiger partial charge on any atom is -0.330 e. The van der Waals surface area contributed by atoms with Crippen LogP contribution in [-0.4, -0.2) is 18.1 Å². The molecule has 0 saturated heterocycles. The summed E-state index contributed by atoms with van der Waals surface area (Å²) in [7, 11) is 0. The molecular formula is C9H17N3S. The van der Waals surface area contributed by atoms with E-state index in [-0.39, 0.29) is 0 Å². The Morgan fingerprint density at radius 3 is 2.92 bits per heavy atom. The number of nitrogens with one attached hydrogen (secondary N) is 1. The first-order chi connectivity index (χ1) is 6.24. The third kappa shape index (κ3) is 3.42. The summed E-state index contributed by atoms with van der Waals surface area (Å²) in [5, 5.41) is 6.55. The maximum atomic E-state index is 5.52. The Morgan fingerprint density at radius 2 is 2.38 bits per heavy atom. The van der Waals surface area contributed by atoms with Crippen LogP contribution in [0.4, 0.5) is 0 Å². The highest BCUT2D eigenvalue weighted by molar-refractivity contribution is 7.09. The average molecular weight is 199 g/mol. The smallest absolute Gasteiger partial charge is 0.109 e. The molecule has 13 heavy (non-hydrogen) atoms. The molecule has 2 atom stereocenters. The van der Waals surface area contributed by atoms with E-state index in [0.717, 1.165) is 18.1 Å². The highest BCUT2D eigenvalue weighted by Gasteiger charge is 2.08. The Labute approximate surface area is 83.4 Å². The van der Waals surface area contributed by atoms with Gasteiger partial charge in [-0.25, -0.2) is 4.98 Å². The van der Waals surface area contributed by atoms with Gasteiger partial charge in [-0.15, -0.1) is 11.3 Å². The molecule has 0 aliphatic carbocycles. The van der Waals surface area contributed by atoms with Crippen LogP contribution in [0.5, 0.6) is 0 Å². The highest BCUT2D eigenvalue weighted by Crippen LogP contribution is 2.14. The second kappa shape index (κ2) is 5.32. The van der Waals surface area contributed by atoms with Crippen molar-refractivity contribution in [1.29, 1.82) is 0 Å². The van der Waals surface area contributed by atoms with Crippen molar-refractivity contribution in [3.05, 3.63) is 16.6 Å². The van der Waals surface area contributed by atoms with Gasteiger partial charge < -0.3 is 11.1 Å². The van der Waals surface area contributed by atoms with Gasteiger partial charge in [-0.2, -0.15) is 0 Å². The van der Waals surface area contributed by atoms with Crippen LogP contribution in [0.25, 0.3) is 0 Å². The van der Waals surface area contributed by atoms with E-state index < -0.39 is 0 Å². The number of rotatable bonds is 5. The molecule has 0 aromatic carbocycles. The van der Waals surface area contributed by atoms with E-state index in [2.05, 4.69) is 24.1 Å². The van der Waals surface area contributed by atoms with Gasteiger partial charge in [-0.1, -0.05) is 6.92 Å². The Morgan fingerprint density at radius 1 is 1.62 bits per heavy atom. The van der Waals surface area contributed by atoms with Crippen LogP contribution >= 0.6 is 11.3 Å². The normalized spacial score (nSPS) is 15.6. The zero-order valence-electron chi connectivity index (χ0n) is 8.16. The first kappa shape index (κ1) is 10.6. The molecule has 3 N–H and O–H groups in total. The minimum atomic E-state index is 0.342. The van der Waals surface area contributed by atoms with E-state index in [4.69, 9.17) is 5.73 Å². The van der Waals surface area contributed by atoms with Crippen molar-refractivity contribution in [3.8, 4) is 0 Å². The largest absolute Gasteiger partial charge is 0.330 e. The van der Waals surface area contributed by atoms with Crippen LogP contribution in [0.1, 0.15) is 24.9 Å². The molecule has 1 aromatic heterocycles. The van der Waals surface area contributed by atoms with Crippen LogP contribution in [0, 0.1) is 5.92 Å². The Hall–Kier alpha value is -0.450. The summed E-state index contributed by atoms with van der Waals surface area (Å²) in [5.41, 5.74) is 5.52. The summed E-state index contributed by atoms with van der Waals surface area (Å²) in [6, 6.07) is 0.342. The molecule has 0 radical (unpaired) electrons. The summed E-state index contributed by atoms with van der Waals surface area (Å²) in [4.78, 5) is 4.24. The lowest BCUT2D eigenvalue weighted by molar-refractivity contribution is 0.476. The SMILES string of the molecule is CC(CN)CNC(C)c1nccs1. The molecule has 1 heterocycles. The van der Waals surface area contributed by atoms with Gasteiger partial charge in [0.2, 0.25) is 0 Å². The van der Waals surface area contributed by atoms with Crippen LogP contribution < -0.4 is 11.1 Å². The van der Waals surface area contributed by atoms with Crippen molar-refractivity contribution in [2.45, 2.75) is 19.9 Å². The monoisotopic (exact) mass is 199 g/mol. The fraction of sp³-hybridized carbons (Fsp3) is 0.667. The molecule has 4 heteroatoms. The predicted molar refractivity (Wildman–Crippen MR) is 56.8 cm³/mol. The molecule has 1 aromatic rings. The predicted octanol–water partition coefficient (Wildman–Crippen LogP) is 1.39. The van der Waals surface area contributed by atoms with Gasteiger partial charge in [-0.05, 0) is 25.9 Å². The third-order valence-corrected chi connectivity index (χ3v) is 2.95. The van der Waals surface area contributed by atoms with E-state index in [9.17, 15) is 0 Å². The van der Waals surface area contributed by atoms with Gasteiger partial charge in [-0.3, -0.25) is 0 Å². The lowest BCUT2D eigenvalue weighted by Gasteiger charge is -2.14. The van der Waals surface area contributed by atoms with Gasteiger partial charge >= 0.3 is 0 Å². The summed E-state index contributed by atoms with van der Waals surface area (Å²) in [6.45, 7) is 5.96. The Balaban J connectivity index is 2.30. The van der Waals surface area contributed by atoms with Crippen molar-refractivity contribution >= 4 is 11.3 Å². The number of hydrogen-bond acceptors (Lipinski definition) is 4. The Kier molecular flexibility index (Phi) is 4.35. The molecular weight excluding hydrogens is 182 g/mol. The fourth-order valence-electron chi connectivity index (χ4n) is 0.997. The molecule has 3 nitrogen and oxygen atoms in total. The number of nitrogens with two attached hydrogens (primary N) is 1. The molecule has 0 bridgehead atoms. The third-order valence-electron chi connectivity index (χ3n) is 2.00. The van der Waals surface area contributed by atoms with E-state index in [0.29, 0.717) is 12.0 Å². The van der Waals surface area contributed by atoms with Crippen LogP contribution in [-0.2, 0) is 0 Å².